The molecular formula is C25H20ClF4N4O2. The van der Waals surface area contributed by atoms with Crippen molar-refractivity contribution < 1.29 is 27.2 Å². The fourth-order valence-electron chi connectivity index (χ4n) is 4.00. The van der Waals surface area contributed by atoms with E-state index in [4.69, 9.17) is 17.4 Å². The second-order valence-electron chi connectivity index (χ2n) is 8.33. The van der Waals surface area contributed by atoms with Gasteiger partial charge in [0.25, 0.3) is 5.91 Å². The number of carbonyl (C=O) groups is 2. The van der Waals surface area contributed by atoms with Crippen LogP contribution < -0.4 is 10.7 Å². The van der Waals surface area contributed by atoms with Gasteiger partial charge in [0, 0.05) is 41.9 Å². The van der Waals surface area contributed by atoms with Gasteiger partial charge < -0.3 is 4.90 Å². The third-order valence-electron chi connectivity index (χ3n) is 6.14. The molecule has 11 heteroatoms. The Morgan fingerprint density at radius 1 is 1.08 bits per heavy atom. The third kappa shape index (κ3) is 4.61. The first-order chi connectivity index (χ1) is 17.0. The van der Waals surface area contributed by atoms with E-state index in [0.717, 1.165) is 0 Å². The number of rotatable bonds is 5. The zero-order valence-electron chi connectivity index (χ0n) is 19.2. The molecule has 2 N–H and O–H groups in total. The summed E-state index contributed by atoms with van der Waals surface area (Å²) in [5.74, 6) is 0.894. The number of urea groups is 1. The lowest BCUT2D eigenvalue weighted by molar-refractivity contribution is 0.0739. The van der Waals surface area contributed by atoms with Crippen LogP contribution in [0.15, 0.2) is 42.5 Å². The molecule has 1 atom stereocenters. The van der Waals surface area contributed by atoms with Crippen LogP contribution in [0.4, 0.5) is 28.0 Å². The van der Waals surface area contributed by atoms with Crippen molar-refractivity contribution in [3.63, 3.8) is 0 Å². The number of nitrogens with zero attached hydrogens (tertiary/aromatic N) is 3. The summed E-state index contributed by atoms with van der Waals surface area (Å²) < 4.78 is 55.8. The molecule has 187 valence electrons. The number of hydrogen-bond donors (Lipinski definition) is 1. The van der Waals surface area contributed by atoms with Crippen LogP contribution in [0.5, 0.6) is 0 Å². The Bertz CT molecular complexity index is 1330. The molecule has 1 aliphatic rings. The summed E-state index contributed by atoms with van der Waals surface area (Å²) in [4.78, 5) is 28.9. The normalized spacial score (nSPS) is 15.2. The van der Waals surface area contributed by atoms with Crippen molar-refractivity contribution in [2.75, 3.05) is 11.9 Å². The molecule has 6 nitrogen and oxygen atoms in total. The van der Waals surface area contributed by atoms with Gasteiger partial charge in [0.2, 0.25) is 0 Å². The van der Waals surface area contributed by atoms with Gasteiger partial charge in [0.05, 0.1) is 29.8 Å². The summed E-state index contributed by atoms with van der Waals surface area (Å²) in [7, 11) is 1.59. The van der Waals surface area contributed by atoms with Crippen LogP contribution in [0.25, 0.3) is 0 Å². The van der Waals surface area contributed by atoms with Gasteiger partial charge in [-0.2, -0.15) is 0 Å². The van der Waals surface area contributed by atoms with Crippen LogP contribution in [0.1, 0.15) is 40.0 Å². The molecule has 0 spiro atoms. The minimum atomic E-state index is -1.19. The van der Waals surface area contributed by atoms with Crippen LogP contribution in [0.2, 0.25) is 5.02 Å². The van der Waals surface area contributed by atoms with Gasteiger partial charge >= 0.3 is 6.03 Å². The first kappa shape index (κ1) is 25.5. The molecule has 4 rings (SSSR count). The van der Waals surface area contributed by atoms with Crippen molar-refractivity contribution >= 4 is 29.2 Å². The first-order valence-electron chi connectivity index (χ1n) is 10.7. The van der Waals surface area contributed by atoms with Crippen molar-refractivity contribution in [1.29, 1.82) is 0 Å². The molecule has 0 saturated carbocycles. The van der Waals surface area contributed by atoms with E-state index in [0.29, 0.717) is 28.4 Å². The highest BCUT2D eigenvalue weighted by molar-refractivity contribution is 6.31. The highest BCUT2D eigenvalue weighted by Gasteiger charge is 2.34. The van der Waals surface area contributed by atoms with Crippen molar-refractivity contribution in [3.8, 4) is 0 Å². The second kappa shape index (κ2) is 9.79. The van der Waals surface area contributed by atoms with Gasteiger partial charge in [-0.25, -0.2) is 28.2 Å². The number of hydrazine groups is 1. The second-order valence-corrected chi connectivity index (χ2v) is 8.71. The molecule has 36 heavy (non-hydrogen) atoms. The number of benzene rings is 3. The molecule has 3 aromatic carbocycles. The summed E-state index contributed by atoms with van der Waals surface area (Å²) in [6, 6.07) is 9.79. The number of hydrogen-bond acceptors (Lipinski definition) is 3. The molecular weight excluding hydrogens is 500 g/mol. The van der Waals surface area contributed by atoms with Gasteiger partial charge in [0.15, 0.2) is 0 Å². The Balaban J connectivity index is 1.69. The maximum absolute atomic E-state index is 14.5. The van der Waals surface area contributed by atoms with Crippen LogP contribution in [-0.2, 0) is 13.1 Å². The SMILES string of the molecule is CC1c2ccc(C(=O)N(N)Cc3c(F)cc(F)cc3F)cc2N(Cc2c(Cl)[c]ccc2F)C(=O)N1C. The van der Waals surface area contributed by atoms with Crippen molar-refractivity contribution in [1.82, 2.24) is 9.91 Å². The highest BCUT2D eigenvalue weighted by atomic mass is 35.5. The Labute approximate surface area is 209 Å². The Morgan fingerprint density at radius 3 is 2.39 bits per heavy atom. The standard InChI is InChI=1S/C25H20ClF4N4O2/c1-13-16-7-6-14(24(35)34(31)12-18-21(29)9-15(27)10-22(18)30)8-23(16)33(25(36)32(13)2)11-17-19(26)4-3-5-20(17)28/h3,5-10,13H,11-12,31H2,1-2H3. The lowest BCUT2D eigenvalue weighted by Gasteiger charge is -2.40. The number of fused-ring (bicyclic) bond motifs is 1. The minimum absolute atomic E-state index is 0.00865. The molecule has 3 amide bonds. The predicted molar refractivity (Wildman–Crippen MR) is 125 cm³/mol. The largest absolute Gasteiger partial charge is 0.325 e. The number of nitrogens with two attached hydrogens (primary N) is 1. The molecule has 1 aliphatic heterocycles. The summed E-state index contributed by atoms with van der Waals surface area (Å²) >= 11 is 6.12. The van der Waals surface area contributed by atoms with E-state index in [1.807, 2.05) is 0 Å². The van der Waals surface area contributed by atoms with Crippen molar-refractivity contribution in [2.24, 2.45) is 5.84 Å². The van der Waals surface area contributed by atoms with E-state index in [2.05, 4.69) is 6.07 Å². The van der Waals surface area contributed by atoms with Crippen molar-refractivity contribution in [3.05, 3.63) is 99.1 Å². The highest BCUT2D eigenvalue weighted by Crippen LogP contribution is 2.38. The minimum Gasteiger partial charge on any atom is -0.321 e. The van der Waals surface area contributed by atoms with E-state index >= 15 is 0 Å². The number of amides is 3. The predicted octanol–water partition coefficient (Wildman–Crippen LogP) is 5.35. The molecule has 0 saturated heterocycles. The summed E-state index contributed by atoms with van der Waals surface area (Å²) in [6.45, 7) is 0.881. The van der Waals surface area contributed by atoms with Gasteiger partial charge in [-0.1, -0.05) is 17.7 Å². The van der Waals surface area contributed by atoms with Gasteiger partial charge in [-0.05, 0) is 36.8 Å². The average molecular weight is 520 g/mol. The summed E-state index contributed by atoms with van der Waals surface area (Å²) in [6.07, 6.45) is 0. The maximum Gasteiger partial charge on any atom is 0.325 e. The first-order valence-corrected chi connectivity index (χ1v) is 11.1. The smallest absolute Gasteiger partial charge is 0.321 e. The average Bonchev–Trinajstić information content (AvgIpc) is 2.83. The fraction of sp³-hybridized carbons (Fsp3) is 0.200. The van der Waals surface area contributed by atoms with Gasteiger partial charge in [-0.15, -0.1) is 0 Å². The van der Waals surface area contributed by atoms with Crippen molar-refractivity contribution in [2.45, 2.75) is 26.1 Å². The molecule has 0 aromatic heterocycles. The van der Waals surface area contributed by atoms with Gasteiger partial charge in [0.1, 0.15) is 23.3 Å². The molecule has 0 bridgehead atoms. The van der Waals surface area contributed by atoms with E-state index in [1.54, 1.807) is 20.0 Å². The van der Waals surface area contributed by atoms with E-state index < -0.39 is 47.3 Å². The molecule has 1 heterocycles. The monoisotopic (exact) mass is 519 g/mol. The molecule has 1 unspecified atom stereocenters. The van der Waals surface area contributed by atoms with Crippen LogP contribution in [-0.4, -0.2) is 28.9 Å². The Hall–Kier alpha value is -3.63. The molecule has 3 aromatic rings. The zero-order chi connectivity index (χ0) is 26.3. The van der Waals surface area contributed by atoms with E-state index in [-0.39, 0.29) is 28.7 Å². The lowest BCUT2D eigenvalue weighted by Crippen LogP contribution is -2.47. The van der Waals surface area contributed by atoms with Crippen LogP contribution in [0.3, 0.4) is 0 Å². The molecule has 1 radical (unpaired) electrons. The fourth-order valence-corrected chi connectivity index (χ4v) is 4.21. The number of carbonyl (C=O) groups excluding carboxylic acids is 2. The Kier molecular flexibility index (Phi) is 6.92. The van der Waals surface area contributed by atoms with Gasteiger partial charge in [-0.3, -0.25) is 14.7 Å². The number of halogens is 5. The summed E-state index contributed by atoms with van der Waals surface area (Å²) in [5, 5.41) is 0.586. The van der Waals surface area contributed by atoms with Crippen LogP contribution in [0, 0.1) is 29.3 Å². The number of anilines is 1. The maximum atomic E-state index is 14.5. The zero-order valence-corrected chi connectivity index (χ0v) is 19.9. The summed E-state index contributed by atoms with van der Waals surface area (Å²) in [5.41, 5.74) is 0.469. The molecule has 0 aliphatic carbocycles. The van der Waals surface area contributed by atoms with Crippen LogP contribution >= 0.6 is 11.6 Å². The lowest BCUT2D eigenvalue weighted by atomic mass is 9.98. The van der Waals surface area contributed by atoms with E-state index in [1.165, 1.54) is 34.1 Å². The quantitative estimate of drug-likeness (QED) is 0.214. The topological polar surface area (TPSA) is 69.9 Å². The third-order valence-corrected chi connectivity index (χ3v) is 6.47. The van der Waals surface area contributed by atoms with E-state index in [9.17, 15) is 27.2 Å². The molecule has 0 fully saturated rings. The Morgan fingerprint density at radius 2 is 1.75 bits per heavy atom.